The van der Waals surface area contributed by atoms with Crippen molar-refractivity contribution in [1.29, 1.82) is 0 Å². The van der Waals surface area contributed by atoms with Crippen molar-refractivity contribution in [2.45, 2.75) is 0 Å². The summed E-state index contributed by atoms with van der Waals surface area (Å²) in [5, 5.41) is 5.60. The van der Waals surface area contributed by atoms with Gasteiger partial charge in [-0.05, 0) is 71.8 Å². The molecule has 6 aromatic rings. The first kappa shape index (κ1) is 19.9. The molecule has 0 spiro atoms. The normalized spacial score (nSPS) is 11.1. The summed E-state index contributed by atoms with van der Waals surface area (Å²) in [5.41, 5.74) is 5.90. The summed E-state index contributed by atoms with van der Waals surface area (Å²) in [6.07, 6.45) is 5.47. The summed E-state index contributed by atoms with van der Waals surface area (Å²) in [6, 6.07) is 26.4. The molecule has 34 heavy (non-hydrogen) atoms. The van der Waals surface area contributed by atoms with Crippen LogP contribution >= 0.6 is 0 Å². The monoisotopic (exact) mass is 443 g/mol. The molecule has 0 aliphatic rings. The van der Waals surface area contributed by atoms with E-state index in [4.69, 9.17) is 14.7 Å². The van der Waals surface area contributed by atoms with Crippen LogP contribution in [0.4, 0.5) is 11.5 Å². The lowest BCUT2D eigenvalue weighted by Crippen LogP contribution is -2.00. The average Bonchev–Trinajstić information content (AvgIpc) is 3.37. The van der Waals surface area contributed by atoms with Gasteiger partial charge in [0.05, 0.1) is 12.6 Å². The zero-order valence-electron chi connectivity index (χ0n) is 18.5. The molecule has 6 nitrogen and oxygen atoms in total. The van der Waals surface area contributed by atoms with Crippen molar-refractivity contribution in [1.82, 2.24) is 19.9 Å². The molecule has 0 unspecified atom stereocenters. The number of nitrogens with zero attached hydrogens (tertiary/aromatic N) is 3. The summed E-state index contributed by atoms with van der Waals surface area (Å²) in [6.45, 7) is 0. The molecule has 0 aliphatic heterocycles. The van der Waals surface area contributed by atoms with Crippen molar-refractivity contribution in [2.24, 2.45) is 0 Å². The first-order valence-corrected chi connectivity index (χ1v) is 11.0. The highest BCUT2D eigenvalue weighted by molar-refractivity contribution is 5.96. The number of benzene rings is 3. The third-order valence-corrected chi connectivity index (χ3v) is 5.83. The largest absolute Gasteiger partial charge is 0.497 e. The van der Waals surface area contributed by atoms with Crippen LogP contribution in [0.15, 0.2) is 97.5 Å². The predicted octanol–water partition coefficient (Wildman–Crippen LogP) is 6.59. The van der Waals surface area contributed by atoms with Gasteiger partial charge in [-0.15, -0.1) is 0 Å². The second-order valence-electron chi connectivity index (χ2n) is 8.01. The van der Waals surface area contributed by atoms with Crippen molar-refractivity contribution in [3.63, 3.8) is 0 Å². The molecule has 0 bridgehead atoms. The minimum Gasteiger partial charge on any atom is -0.497 e. The maximum Gasteiger partial charge on any atom is 0.163 e. The maximum absolute atomic E-state index is 5.41. The van der Waals surface area contributed by atoms with Crippen molar-refractivity contribution in [3.8, 4) is 28.3 Å². The van der Waals surface area contributed by atoms with Crippen LogP contribution in [-0.2, 0) is 0 Å². The molecule has 0 fully saturated rings. The average molecular weight is 444 g/mol. The lowest BCUT2D eigenvalue weighted by atomic mass is 10.0. The van der Waals surface area contributed by atoms with Gasteiger partial charge in [-0.3, -0.25) is 4.98 Å². The highest BCUT2D eigenvalue weighted by Crippen LogP contribution is 2.32. The Morgan fingerprint density at radius 1 is 0.824 bits per heavy atom. The predicted molar refractivity (Wildman–Crippen MR) is 136 cm³/mol. The fourth-order valence-corrected chi connectivity index (χ4v) is 4.10. The van der Waals surface area contributed by atoms with Crippen LogP contribution in [0.5, 0.6) is 5.75 Å². The lowest BCUT2D eigenvalue weighted by molar-refractivity contribution is 0.415. The van der Waals surface area contributed by atoms with Gasteiger partial charge in [0.15, 0.2) is 5.82 Å². The minimum atomic E-state index is 0.625. The number of anilines is 2. The first-order chi connectivity index (χ1) is 16.8. The number of aromatic amines is 1. The van der Waals surface area contributed by atoms with Gasteiger partial charge in [0.1, 0.15) is 11.6 Å². The van der Waals surface area contributed by atoms with E-state index in [2.05, 4.69) is 51.7 Å². The number of rotatable bonds is 5. The quantitative estimate of drug-likeness (QED) is 0.314. The number of H-pyrrole nitrogens is 1. The summed E-state index contributed by atoms with van der Waals surface area (Å²) >= 11 is 0. The molecule has 0 aliphatic carbocycles. The Morgan fingerprint density at radius 2 is 1.74 bits per heavy atom. The molecule has 6 heteroatoms. The van der Waals surface area contributed by atoms with Crippen LogP contribution in [0.25, 0.3) is 44.3 Å². The van der Waals surface area contributed by atoms with Gasteiger partial charge in [-0.1, -0.05) is 18.2 Å². The van der Waals surface area contributed by atoms with Gasteiger partial charge < -0.3 is 15.0 Å². The molecule has 0 radical (unpaired) electrons. The molecular formula is C28H21N5O. The van der Waals surface area contributed by atoms with E-state index in [9.17, 15) is 0 Å². The number of hydrogen-bond donors (Lipinski definition) is 2. The first-order valence-electron chi connectivity index (χ1n) is 11.0. The highest BCUT2D eigenvalue weighted by Gasteiger charge is 2.12. The minimum absolute atomic E-state index is 0.625. The van der Waals surface area contributed by atoms with Gasteiger partial charge >= 0.3 is 0 Å². The van der Waals surface area contributed by atoms with E-state index in [0.717, 1.165) is 55.8 Å². The fourth-order valence-electron chi connectivity index (χ4n) is 4.10. The Morgan fingerprint density at radius 3 is 2.62 bits per heavy atom. The molecule has 0 atom stereocenters. The number of methoxy groups -OCH3 is 1. The lowest BCUT2D eigenvalue weighted by Gasteiger charge is -2.13. The zero-order chi connectivity index (χ0) is 22.9. The van der Waals surface area contributed by atoms with E-state index in [0.29, 0.717) is 5.82 Å². The van der Waals surface area contributed by atoms with Crippen LogP contribution in [-0.4, -0.2) is 27.0 Å². The number of nitrogens with one attached hydrogen (secondary N) is 2. The standard InChI is InChI=1S/C28H21N5O/c1-34-23-6-2-4-18(15-23)19-7-9-26-24(16-19)28(33-27(32-26)21-5-3-12-29-17-21)31-22-8-10-25-20(14-22)11-13-30-25/h2-17,30H,1H3,(H,31,32,33). The van der Waals surface area contributed by atoms with Gasteiger partial charge in [0.2, 0.25) is 0 Å². The van der Waals surface area contributed by atoms with E-state index < -0.39 is 0 Å². The van der Waals surface area contributed by atoms with Gasteiger partial charge in [-0.2, -0.15) is 0 Å². The Kier molecular flexibility index (Phi) is 4.88. The fraction of sp³-hybridized carbons (Fsp3) is 0.0357. The molecule has 164 valence electrons. The third-order valence-electron chi connectivity index (χ3n) is 5.83. The van der Waals surface area contributed by atoms with Gasteiger partial charge in [-0.25, -0.2) is 9.97 Å². The maximum atomic E-state index is 5.41. The van der Waals surface area contributed by atoms with Crippen LogP contribution in [0, 0.1) is 0 Å². The SMILES string of the molecule is COc1cccc(-c2ccc3nc(-c4cccnc4)nc(Nc4ccc5[nH]ccc5c4)c3c2)c1. The Labute approximate surface area is 196 Å². The molecule has 3 aromatic heterocycles. The van der Waals surface area contributed by atoms with Crippen molar-refractivity contribution in [2.75, 3.05) is 12.4 Å². The van der Waals surface area contributed by atoms with Crippen LogP contribution in [0.3, 0.4) is 0 Å². The van der Waals surface area contributed by atoms with E-state index in [-0.39, 0.29) is 0 Å². The van der Waals surface area contributed by atoms with Gasteiger partial charge in [0, 0.05) is 46.1 Å². The Bertz CT molecular complexity index is 1630. The molecule has 0 saturated heterocycles. The third kappa shape index (κ3) is 3.71. The topological polar surface area (TPSA) is 75.7 Å². The summed E-state index contributed by atoms with van der Waals surface area (Å²) in [5.74, 6) is 2.18. The van der Waals surface area contributed by atoms with E-state index in [1.165, 1.54) is 0 Å². The highest BCUT2D eigenvalue weighted by atomic mass is 16.5. The second-order valence-corrected chi connectivity index (χ2v) is 8.01. The second kappa shape index (κ2) is 8.33. The van der Waals surface area contributed by atoms with Crippen molar-refractivity contribution < 1.29 is 4.74 Å². The van der Waals surface area contributed by atoms with Gasteiger partial charge in [0.25, 0.3) is 0 Å². The Balaban J connectivity index is 1.51. The number of aromatic nitrogens is 4. The Hall–Kier alpha value is -4.71. The molecule has 0 saturated carbocycles. The van der Waals surface area contributed by atoms with Crippen molar-refractivity contribution in [3.05, 3.63) is 97.5 Å². The number of hydrogen-bond acceptors (Lipinski definition) is 5. The number of ether oxygens (including phenoxy) is 1. The molecule has 3 aromatic carbocycles. The number of pyridine rings is 1. The molecule has 6 rings (SSSR count). The molecule has 2 N–H and O–H groups in total. The molecular weight excluding hydrogens is 422 g/mol. The van der Waals surface area contributed by atoms with E-state index >= 15 is 0 Å². The summed E-state index contributed by atoms with van der Waals surface area (Å²) < 4.78 is 5.41. The van der Waals surface area contributed by atoms with Crippen molar-refractivity contribution >= 4 is 33.3 Å². The van der Waals surface area contributed by atoms with Crippen LogP contribution in [0.1, 0.15) is 0 Å². The smallest absolute Gasteiger partial charge is 0.163 e. The summed E-state index contributed by atoms with van der Waals surface area (Å²) in [4.78, 5) is 17.2. The van der Waals surface area contributed by atoms with Crippen LogP contribution in [0.2, 0.25) is 0 Å². The summed E-state index contributed by atoms with van der Waals surface area (Å²) in [7, 11) is 1.68. The molecule has 3 heterocycles. The molecule has 0 amide bonds. The zero-order valence-corrected chi connectivity index (χ0v) is 18.5. The number of fused-ring (bicyclic) bond motifs is 2. The van der Waals surface area contributed by atoms with E-state index in [1.807, 2.05) is 48.7 Å². The van der Waals surface area contributed by atoms with Crippen LogP contribution < -0.4 is 10.1 Å². The van der Waals surface area contributed by atoms with E-state index in [1.54, 1.807) is 19.5 Å².